The van der Waals surface area contributed by atoms with Crippen LogP contribution in [0.4, 0.5) is 0 Å². The summed E-state index contributed by atoms with van der Waals surface area (Å²) >= 11 is 3.32. The lowest BCUT2D eigenvalue weighted by atomic mass is 10.0. The lowest BCUT2D eigenvalue weighted by Gasteiger charge is -2.21. The maximum absolute atomic E-state index is 5.63. The van der Waals surface area contributed by atoms with Gasteiger partial charge in [0.25, 0.3) is 0 Å². The maximum atomic E-state index is 5.63. The molecule has 0 bridgehead atoms. The molecule has 2 heterocycles. The largest absolute Gasteiger partial charge is 0.477 e. The smallest absolute Gasteiger partial charge is 0.214 e. The number of hydrogen-bond acceptors (Lipinski definition) is 3. The summed E-state index contributed by atoms with van der Waals surface area (Å²) in [5.41, 5.74) is 0. The summed E-state index contributed by atoms with van der Waals surface area (Å²) in [5, 5.41) is 0. The van der Waals surface area contributed by atoms with Crippen molar-refractivity contribution < 1.29 is 9.47 Å². The Bertz CT molecular complexity index is 313. The SMILES string of the molecule is Brc1cccc(OCC2CCOCC2)n1. The molecule has 1 aliphatic heterocycles. The lowest BCUT2D eigenvalue weighted by molar-refractivity contribution is 0.0490. The third-order valence-corrected chi connectivity index (χ3v) is 2.94. The van der Waals surface area contributed by atoms with Gasteiger partial charge in [-0.3, -0.25) is 0 Å². The van der Waals surface area contributed by atoms with E-state index in [4.69, 9.17) is 9.47 Å². The predicted octanol–water partition coefficient (Wildman–Crippen LogP) is 2.65. The predicted molar refractivity (Wildman–Crippen MR) is 61.0 cm³/mol. The van der Waals surface area contributed by atoms with E-state index in [1.165, 1.54) is 0 Å². The first kappa shape index (κ1) is 10.9. The van der Waals surface area contributed by atoms with Crippen molar-refractivity contribution in [2.24, 2.45) is 5.92 Å². The number of nitrogens with zero attached hydrogens (tertiary/aromatic N) is 1. The second-order valence-corrected chi connectivity index (χ2v) is 4.48. The highest BCUT2D eigenvalue weighted by Gasteiger charge is 2.14. The van der Waals surface area contributed by atoms with E-state index in [1.807, 2.05) is 18.2 Å². The first-order valence-corrected chi connectivity index (χ1v) is 5.97. The molecular formula is C11H14BrNO2. The molecule has 1 aromatic rings. The van der Waals surface area contributed by atoms with Gasteiger partial charge in [-0.15, -0.1) is 0 Å². The van der Waals surface area contributed by atoms with Crippen LogP contribution >= 0.6 is 15.9 Å². The van der Waals surface area contributed by atoms with Gasteiger partial charge in [0.15, 0.2) is 0 Å². The normalized spacial score (nSPS) is 17.7. The Hall–Kier alpha value is -0.610. The fraction of sp³-hybridized carbons (Fsp3) is 0.545. The van der Waals surface area contributed by atoms with E-state index in [9.17, 15) is 0 Å². The van der Waals surface area contributed by atoms with E-state index in [0.717, 1.165) is 37.3 Å². The van der Waals surface area contributed by atoms with Crippen LogP contribution in [0.15, 0.2) is 22.8 Å². The molecule has 1 saturated heterocycles. The second kappa shape index (κ2) is 5.47. The van der Waals surface area contributed by atoms with Crippen LogP contribution in [0.25, 0.3) is 0 Å². The number of aromatic nitrogens is 1. The highest BCUT2D eigenvalue weighted by atomic mass is 79.9. The molecule has 0 N–H and O–H groups in total. The van der Waals surface area contributed by atoms with Crippen molar-refractivity contribution in [3.05, 3.63) is 22.8 Å². The molecule has 4 heteroatoms. The Morgan fingerprint density at radius 1 is 1.40 bits per heavy atom. The van der Waals surface area contributed by atoms with Crippen molar-refractivity contribution in [3.8, 4) is 5.88 Å². The van der Waals surface area contributed by atoms with Crippen molar-refractivity contribution in [3.63, 3.8) is 0 Å². The molecule has 0 spiro atoms. The van der Waals surface area contributed by atoms with Crippen molar-refractivity contribution >= 4 is 15.9 Å². The van der Waals surface area contributed by atoms with Crippen LogP contribution < -0.4 is 4.74 Å². The van der Waals surface area contributed by atoms with Crippen LogP contribution in [0, 0.1) is 5.92 Å². The standard InChI is InChI=1S/C11H14BrNO2/c12-10-2-1-3-11(13-10)15-8-9-4-6-14-7-5-9/h1-3,9H,4-8H2. The highest BCUT2D eigenvalue weighted by Crippen LogP contribution is 2.17. The third-order valence-electron chi connectivity index (χ3n) is 2.50. The van der Waals surface area contributed by atoms with E-state index in [-0.39, 0.29) is 0 Å². The van der Waals surface area contributed by atoms with Crippen molar-refractivity contribution in [1.82, 2.24) is 4.98 Å². The lowest BCUT2D eigenvalue weighted by Crippen LogP contribution is -2.21. The van der Waals surface area contributed by atoms with Crippen LogP contribution in [-0.2, 0) is 4.74 Å². The van der Waals surface area contributed by atoms with Gasteiger partial charge in [0, 0.05) is 19.3 Å². The van der Waals surface area contributed by atoms with Crippen molar-refractivity contribution in [2.45, 2.75) is 12.8 Å². The molecule has 1 aliphatic rings. The van der Waals surface area contributed by atoms with E-state index in [2.05, 4.69) is 20.9 Å². The number of ether oxygens (including phenoxy) is 2. The summed E-state index contributed by atoms with van der Waals surface area (Å²) < 4.78 is 11.7. The zero-order valence-corrected chi connectivity index (χ0v) is 10.1. The van der Waals surface area contributed by atoms with Gasteiger partial charge in [0.1, 0.15) is 4.60 Å². The highest BCUT2D eigenvalue weighted by molar-refractivity contribution is 9.10. The molecule has 1 fully saturated rings. The molecule has 0 amide bonds. The summed E-state index contributed by atoms with van der Waals surface area (Å²) in [6.07, 6.45) is 2.18. The Morgan fingerprint density at radius 3 is 2.93 bits per heavy atom. The van der Waals surface area contributed by atoms with Gasteiger partial charge < -0.3 is 9.47 Å². The van der Waals surface area contributed by atoms with Gasteiger partial charge >= 0.3 is 0 Å². The Labute approximate surface area is 97.9 Å². The van der Waals surface area contributed by atoms with E-state index in [0.29, 0.717) is 11.8 Å². The molecule has 0 unspecified atom stereocenters. The molecule has 0 radical (unpaired) electrons. The minimum Gasteiger partial charge on any atom is -0.477 e. The summed E-state index contributed by atoms with van der Waals surface area (Å²) in [5.74, 6) is 1.30. The zero-order chi connectivity index (χ0) is 10.5. The number of pyridine rings is 1. The van der Waals surface area contributed by atoms with Gasteiger partial charge in [-0.2, -0.15) is 0 Å². The van der Waals surface area contributed by atoms with Crippen LogP contribution in [0.2, 0.25) is 0 Å². The average Bonchev–Trinajstić information content (AvgIpc) is 2.28. The third kappa shape index (κ3) is 3.47. The summed E-state index contributed by atoms with van der Waals surface area (Å²) in [6.45, 7) is 2.46. The number of halogens is 1. The Morgan fingerprint density at radius 2 is 2.20 bits per heavy atom. The fourth-order valence-corrected chi connectivity index (χ4v) is 1.91. The molecule has 0 saturated carbocycles. The van der Waals surface area contributed by atoms with Crippen molar-refractivity contribution in [2.75, 3.05) is 19.8 Å². The average molecular weight is 272 g/mol. The van der Waals surface area contributed by atoms with Crippen LogP contribution in [0.1, 0.15) is 12.8 Å². The molecule has 0 aromatic carbocycles. The van der Waals surface area contributed by atoms with E-state index in [1.54, 1.807) is 0 Å². The zero-order valence-electron chi connectivity index (χ0n) is 8.49. The van der Waals surface area contributed by atoms with Gasteiger partial charge in [-0.05, 0) is 40.8 Å². The van der Waals surface area contributed by atoms with Gasteiger partial charge in [0.05, 0.1) is 6.61 Å². The quantitative estimate of drug-likeness (QED) is 0.793. The Kier molecular flexibility index (Phi) is 3.97. The monoisotopic (exact) mass is 271 g/mol. The molecule has 3 nitrogen and oxygen atoms in total. The van der Waals surface area contributed by atoms with Crippen LogP contribution in [-0.4, -0.2) is 24.8 Å². The second-order valence-electron chi connectivity index (χ2n) is 3.67. The first-order valence-electron chi connectivity index (χ1n) is 5.18. The molecule has 2 rings (SSSR count). The summed E-state index contributed by atoms with van der Waals surface area (Å²) in [6, 6.07) is 5.70. The van der Waals surface area contributed by atoms with Crippen molar-refractivity contribution in [1.29, 1.82) is 0 Å². The summed E-state index contributed by atoms with van der Waals surface area (Å²) in [4.78, 5) is 4.22. The van der Waals surface area contributed by atoms with E-state index < -0.39 is 0 Å². The Balaban J connectivity index is 1.81. The van der Waals surface area contributed by atoms with E-state index >= 15 is 0 Å². The number of hydrogen-bond donors (Lipinski definition) is 0. The van der Waals surface area contributed by atoms with Crippen LogP contribution in [0.5, 0.6) is 5.88 Å². The summed E-state index contributed by atoms with van der Waals surface area (Å²) in [7, 11) is 0. The maximum Gasteiger partial charge on any atom is 0.214 e. The van der Waals surface area contributed by atoms with Crippen LogP contribution in [0.3, 0.4) is 0 Å². The molecule has 0 aliphatic carbocycles. The molecule has 82 valence electrons. The fourth-order valence-electron chi connectivity index (χ4n) is 1.59. The first-order chi connectivity index (χ1) is 7.34. The van der Waals surface area contributed by atoms with Gasteiger partial charge in [-0.1, -0.05) is 6.07 Å². The molecule has 15 heavy (non-hydrogen) atoms. The van der Waals surface area contributed by atoms with Gasteiger partial charge in [-0.25, -0.2) is 4.98 Å². The molecule has 0 atom stereocenters. The minimum absolute atomic E-state index is 0.611. The molecular weight excluding hydrogens is 258 g/mol. The molecule has 1 aromatic heterocycles. The van der Waals surface area contributed by atoms with Gasteiger partial charge in [0.2, 0.25) is 5.88 Å². The minimum atomic E-state index is 0.611. The number of rotatable bonds is 3. The topological polar surface area (TPSA) is 31.4 Å².